The van der Waals surface area contributed by atoms with Crippen LogP contribution in [0.3, 0.4) is 0 Å². The lowest BCUT2D eigenvalue weighted by Gasteiger charge is -2.16. The lowest BCUT2D eigenvalue weighted by molar-refractivity contribution is 0.0939. The van der Waals surface area contributed by atoms with Gasteiger partial charge in [0.2, 0.25) is 10.0 Å². The number of amides is 1. The Kier molecular flexibility index (Phi) is 5.64. The third-order valence-corrected chi connectivity index (χ3v) is 6.93. The molecule has 4 rings (SSSR count). The van der Waals surface area contributed by atoms with E-state index in [-0.39, 0.29) is 33.5 Å². The highest BCUT2D eigenvalue weighted by Crippen LogP contribution is 2.27. The zero-order chi connectivity index (χ0) is 21.3. The molecule has 0 radical (unpaired) electrons. The maximum absolute atomic E-state index is 12.7. The molecule has 0 bridgehead atoms. The van der Waals surface area contributed by atoms with Crippen LogP contribution in [-0.4, -0.2) is 29.9 Å². The first-order chi connectivity index (χ1) is 14.3. The van der Waals surface area contributed by atoms with Gasteiger partial charge >= 0.3 is 0 Å². The van der Waals surface area contributed by atoms with Gasteiger partial charge in [0.25, 0.3) is 5.91 Å². The van der Waals surface area contributed by atoms with Gasteiger partial charge in [0.05, 0.1) is 17.4 Å². The summed E-state index contributed by atoms with van der Waals surface area (Å²) in [6.45, 7) is 1.87. The van der Waals surface area contributed by atoms with Crippen molar-refractivity contribution < 1.29 is 13.2 Å². The molecule has 0 aliphatic heterocycles. The molecular weight excluding hydrogens is 424 g/mol. The van der Waals surface area contributed by atoms with Gasteiger partial charge in [-0.2, -0.15) is 0 Å². The molecule has 3 aromatic rings. The molecular formula is C21H21ClN4O3S. The standard InChI is InChI=1S/C21H21ClN4O3S/c1-14(15-2-7-18(8-3-15)26-11-10-23-13-26)24-21(27)16-4-9-19(22)20(12-16)30(28,29)25-17-5-6-17/h2-4,7-14,17,25H,5-6H2,1H3,(H,24,27)/t14-/m0/s1. The highest BCUT2D eigenvalue weighted by atomic mass is 35.5. The minimum atomic E-state index is -3.76. The van der Waals surface area contributed by atoms with Crippen LogP contribution >= 0.6 is 11.6 Å². The number of rotatable bonds is 7. The van der Waals surface area contributed by atoms with Gasteiger partial charge in [0.15, 0.2) is 0 Å². The molecule has 1 aliphatic rings. The second-order valence-electron chi connectivity index (χ2n) is 7.30. The quantitative estimate of drug-likeness (QED) is 0.583. The van der Waals surface area contributed by atoms with Gasteiger partial charge in [-0.05, 0) is 55.7 Å². The molecule has 2 N–H and O–H groups in total. The van der Waals surface area contributed by atoms with E-state index < -0.39 is 10.0 Å². The van der Waals surface area contributed by atoms with Crippen molar-refractivity contribution in [2.24, 2.45) is 0 Å². The summed E-state index contributed by atoms with van der Waals surface area (Å²) >= 11 is 6.09. The molecule has 0 unspecified atom stereocenters. The van der Waals surface area contributed by atoms with E-state index in [0.29, 0.717) is 0 Å². The second kappa shape index (κ2) is 8.22. The van der Waals surface area contributed by atoms with Crippen molar-refractivity contribution in [3.8, 4) is 5.69 Å². The summed E-state index contributed by atoms with van der Waals surface area (Å²) in [4.78, 5) is 16.7. The summed E-state index contributed by atoms with van der Waals surface area (Å²) < 4.78 is 29.5. The fraction of sp³-hybridized carbons (Fsp3) is 0.238. The molecule has 1 aliphatic carbocycles. The number of hydrogen-bond donors (Lipinski definition) is 2. The van der Waals surface area contributed by atoms with Gasteiger partial charge in [-0.3, -0.25) is 4.79 Å². The summed E-state index contributed by atoms with van der Waals surface area (Å²) in [6.07, 6.45) is 6.90. The predicted octanol–water partition coefficient (Wildman–Crippen LogP) is 3.46. The first-order valence-corrected chi connectivity index (χ1v) is 11.4. The van der Waals surface area contributed by atoms with Crippen molar-refractivity contribution in [1.82, 2.24) is 19.6 Å². The van der Waals surface area contributed by atoms with E-state index in [1.807, 2.05) is 42.0 Å². The number of benzene rings is 2. The minimum Gasteiger partial charge on any atom is -0.346 e. The third kappa shape index (κ3) is 4.56. The van der Waals surface area contributed by atoms with E-state index in [2.05, 4.69) is 15.0 Å². The van der Waals surface area contributed by atoms with Gasteiger partial charge < -0.3 is 9.88 Å². The van der Waals surface area contributed by atoms with E-state index >= 15 is 0 Å². The van der Waals surface area contributed by atoms with Crippen molar-refractivity contribution in [1.29, 1.82) is 0 Å². The van der Waals surface area contributed by atoms with E-state index in [9.17, 15) is 13.2 Å². The molecule has 1 atom stereocenters. The van der Waals surface area contributed by atoms with Crippen LogP contribution < -0.4 is 10.0 Å². The zero-order valence-corrected chi connectivity index (χ0v) is 17.8. The first-order valence-electron chi connectivity index (χ1n) is 9.54. The van der Waals surface area contributed by atoms with Gasteiger partial charge in [0.1, 0.15) is 4.90 Å². The summed E-state index contributed by atoms with van der Waals surface area (Å²) in [5.41, 5.74) is 2.12. The molecule has 156 valence electrons. The zero-order valence-electron chi connectivity index (χ0n) is 16.2. The van der Waals surface area contributed by atoms with Crippen molar-refractivity contribution in [3.63, 3.8) is 0 Å². The smallest absolute Gasteiger partial charge is 0.251 e. The number of nitrogens with zero attached hydrogens (tertiary/aromatic N) is 2. The fourth-order valence-corrected chi connectivity index (χ4v) is 4.88. The van der Waals surface area contributed by atoms with Crippen LogP contribution in [0.4, 0.5) is 0 Å². The molecule has 9 heteroatoms. The molecule has 1 aromatic heterocycles. The van der Waals surface area contributed by atoms with Crippen molar-refractivity contribution in [2.75, 3.05) is 0 Å². The maximum atomic E-state index is 12.7. The van der Waals surface area contributed by atoms with Crippen molar-refractivity contribution in [2.45, 2.75) is 36.7 Å². The number of aromatic nitrogens is 2. The molecule has 1 amide bonds. The molecule has 2 aromatic carbocycles. The maximum Gasteiger partial charge on any atom is 0.251 e. The minimum absolute atomic E-state index is 0.0473. The number of nitrogens with one attached hydrogen (secondary N) is 2. The Hall–Kier alpha value is -2.68. The number of halogens is 1. The van der Waals surface area contributed by atoms with Gasteiger partial charge in [-0.25, -0.2) is 18.1 Å². The summed E-state index contributed by atoms with van der Waals surface area (Å²) in [7, 11) is -3.76. The molecule has 1 heterocycles. The summed E-state index contributed by atoms with van der Waals surface area (Å²) in [6, 6.07) is 11.7. The van der Waals surface area contributed by atoms with Gasteiger partial charge in [-0.1, -0.05) is 23.7 Å². The number of sulfonamides is 1. The highest BCUT2D eigenvalue weighted by molar-refractivity contribution is 7.89. The average Bonchev–Trinajstić information content (AvgIpc) is 3.35. The van der Waals surface area contributed by atoms with Gasteiger partial charge in [0, 0.05) is 29.7 Å². The van der Waals surface area contributed by atoms with Crippen molar-refractivity contribution in [3.05, 3.63) is 77.3 Å². The van der Waals surface area contributed by atoms with Crippen LogP contribution in [0.15, 0.2) is 66.1 Å². The average molecular weight is 445 g/mol. The lowest BCUT2D eigenvalue weighted by atomic mass is 10.1. The molecule has 1 fully saturated rings. The Balaban J connectivity index is 1.48. The normalized spacial score (nSPS) is 15.0. The van der Waals surface area contributed by atoms with Crippen LogP contribution in [0.2, 0.25) is 5.02 Å². The first kappa shape index (κ1) is 20.6. The predicted molar refractivity (Wildman–Crippen MR) is 114 cm³/mol. The molecule has 7 nitrogen and oxygen atoms in total. The van der Waals surface area contributed by atoms with Gasteiger partial charge in [-0.15, -0.1) is 0 Å². The third-order valence-electron chi connectivity index (χ3n) is 4.93. The largest absolute Gasteiger partial charge is 0.346 e. The van der Waals surface area contributed by atoms with E-state index in [4.69, 9.17) is 11.6 Å². The number of imidazole rings is 1. The number of carbonyl (C=O) groups excluding carboxylic acids is 1. The second-order valence-corrected chi connectivity index (χ2v) is 9.39. The summed E-state index contributed by atoms with van der Waals surface area (Å²) in [5.74, 6) is -0.374. The Bertz CT molecular complexity index is 1160. The Morgan fingerprint density at radius 2 is 1.93 bits per heavy atom. The van der Waals surface area contributed by atoms with E-state index in [0.717, 1.165) is 24.1 Å². The van der Waals surface area contributed by atoms with Crippen LogP contribution in [0, 0.1) is 0 Å². The monoisotopic (exact) mass is 444 g/mol. The van der Waals surface area contributed by atoms with E-state index in [1.54, 1.807) is 12.5 Å². The summed E-state index contributed by atoms with van der Waals surface area (Å²) in [5, 5.41) is 2.99. The lowest BCUT2D eigenvalue weighted by Crippen LogP contribution is -2.28. The Morgan fingerprint density at radius 3 is 2.57 bits per heavy atom. The fourth-order valence-electron chi connectivity index (χ4n) is 3.04. The van der Waals surface area contributed by atoms with Crippen LogP contribution in [0.25, 0.3) is 5.69 Å². The van der Waals surface area contributed by atoms with Crippen molar-refractivity contribution >= 4 is 27.5 Å². The van der Waals surface area contributed by atoms with Crippen LogP contribution in [0.5, 0.6) is 0 Å². The number of hydrogen-bond acceptors (Lipinski definition) is 4. The number of carbonyl (C=O) groups is 1. The SMILES string of the molecule is C[C@H](NC(=O)c1ccc(Cl)c(S(=O)(=O)NC2CC2)c1)c1ccc(-n2ccnc2)cc1. The Morgan fingerprint density at radius 1 is 1.20 bits per heavy atom. The van der Waals surface area contributed by atoms with Crippen LogP contribution in [0.1, 0.15) is 41.7 Å². The highest BCUT2D eigenvalue weighted by Gasteiger charge is 2.29. The van der Waals surface area contributed by atoms with Crippen LogP contribution in [-0.2, 0) is 10.0 Å². The topological polar surface area (TPSA) is 93.1 Å². The van der Waals surface area contributed by atoms with E-state index in [1.165, 1.54) is 18.2 Å². The molecule has 1 saturated carbocycles. The Labute approximate surface area is 180 Å². The molecule has 30 heavy (non-hydrogen) atoms. The molecule has 0 saturated heterocycles. The molecule has 0 spiro atoms.